The van der Waals surface area contributed by atoms with Crippen molar-refractivity contribution in [1.82, 2.24) is 10.6 Å². The second-order valence-electron chi connectivity index (χ2n) is 6.59. The van der Waals surface area contributed by atoms with Crippen LogP contribution in [-0.4, -0.2) is 30.3 Å². The summed E-state index contributed by atoms with van der Waals surface area (Å²) in [6, 6.07) is 0.451. The average molecular weight is 280 g/mol. The fourth-order valence-electron chi connectivity index (χ4n) is 2.57. The van der Waals surface area contributed by atoms with Crippen LogP contribution in [-0.2, 0) is 4.74 Å². The van der Waals surface area contributed by atoms with Gasteiger partial charge in [-0.1, -0.05) is 18.8 Å². The molecule has 0 aromatic rings. The molecule has 1 aliphatic carbocycles. The van der Waals surface area contributed by atoms with Crippen molar-refractivity contribution in [2.45, 2.75) is 71.1 Å². The predicted molar refractivity (Wildman–Crippen MR) is 81.4 cm³/mol. The molecule has 3 atom stereocenters. The molecule has 114 valence electrons. The zero-order chi connectivity index (χ0) is 15.2. The fourth-order valence-corrected chi connectivity index (χ4v) is 2.57. The van der Waals surface area contributed by atoms with Crippen LogP contribution in [0.1, 0.15) is 53.4 Å². The number of carbonyl (C=O) groups is 1. The first kappa shape index (κ1) is 16.8. The Labute approximate surface area is 123 Å². The molecule has 0 aromatic heterocycles. The molecule has 0 heterocycles. The maximum atomic E-state index is 11.7. The molecule has 0 spiro atoms. The number of rotatable bonds is 4. The summed E-state index contributed by atoms with van der Waals surface area (Å²) in [5.74, 6) is 3.13. The summed E-state index contributed by atoms with van der Waals surface area (Å²) in [5, 5.41) is 6.34. The van der Waals surface area contributed by atoms with Crippen LogP contribution in [0.4, 0.5) is 4.79 Å². The van der Waals surface area contributed by atoms with Gasteiger partial charge < -0.3 is 15.4 Å². The zero-order valence-corrected chi connectivity index (χ0v) is 13.2. The number of amides is 1. The van der Waals surface area contributed by atoms with E-state index in [4.69, 9.17) is 11.2 Å². The van der Waals surface area contributed by atoms with E-state index in [9.17, 15) is 4.79 Å². The maximum Gasteiger partial charge on any atom is 0.407 e. The number of ether oxygens (including phenoxy) is 1. The van der Waals surface area contributed by atoms with Gasteiger partial charge in [0.1, 0.15) is 5.60 Å². The van der Waals surface area contributed by atoms with Crippen LogP contribution in [0.3, 0.4) is 0 Å². The van der Waals surface area contributed by atoms with Gasteiger partial charge in [0.2, 0.25) is 0 Å². The van der Waals surface area contributed by atoms with E-state index in [1.807, 2.05) is 27.7 Å². The van der Waals surface area contributed by atoms with E-state index < -0.39 is 5.60 Å². The number of terminal acetylenes is 1. The third-order valence-corrected chi connectivity index (χ3v) is 3.53. The van der Waals surface area contributed by atoms with Gasteiger partial charge in [0.15, 0.2) is 0 Å². The minimum absolute atomic E-state index is 0.0714. The standard InChI is InChI=1S/C16H28N2O2/c1-6-12(2)18-14-10-8-7-9-13(14)11-17-15(19)20-16(3,4)5/h1,12-14,18H,7-11H2,2-5H3,(H,17,19). The first-order chi connectivity index (χ1) is 9.31. The third-order valence-electron chi connectivity index (χ3n) is 3.53. The molecule has 0 radical (unpaired) electrons. The third kappa shape index (κ3) is 6.29. The highest BCUT2D eigenvalue weighted by atomic mass is 16.6. The smallest absolute Gasteiger partial charge is 0.407 e. The average Bonchev–Trinajstić information content (AvgIpc) is 2.35. The van der Waals surface area contributed by atoms with E-state index in [2.05, 4.69) is 16.6 Å². The number of alkyl carbamates (subject to hydrolysis) is 1. The maximum absolute atomic E-state index is 11.7. The topological polar surface area (TPSA) is 50.4 Å². The van der Waals surface area contributed by atoms with Crippen LogP contribution in [0.15, 0.2) is 0 Å². The number of hydrogen-bond donors (Lipinski definition) is 2. The Morgan fingerprint density at radius 1 is 1.40 bits per heavy atom. The SMILES string of the molecule is C#CC(C)NC1CCCCC1CNC(=O)OC(C)(C)C. The van der Waals surface area contributed by atoms with Gasteiger partial charge in [-0.3, -0.25) is 0 Å². The fraction of sp³-hybridized carbons (Fsp3) is 0.812. The van der Waals surface area contributed by atoms with E-state index in [1.54, 1.807) is 0 Å². The lowest BCUT2D eigenvalue weighted by Crippen LogP contribution is -2.47. The number of nitrogens with one attached hydrogen (secondary N) is 2. The Kier molecular flexibility index (Phi) is 6.35. The van der Waals surface area contributed by atoms with Crippen molar-refractivity contribution in [3.8, 4) is 12.3 Å². The zero-order valence-electron chi connectivity index (χ0n) is 13.2. The minimum Gasteiger partial charge on any atom is -0.444 e. The van der Waals surface area contributed by atoms with Crippen LogP contribution in [0.2, 0.25) is 0 Å². The minimum atomic E-state index is -0.452. The summed E-state index contributed by atoms with van der Waals surface area (Å²) >= 11 is 0. The summed E-state index contributed by atoms with van der Waals surface area (Å²) in [7, 11) is 0. The highest BCUT2D eigenvalue weighted by molar-refractivity contribution is 5.67. The monoisotopic (exact) mass is 280 g/mol. The molecule has 1 aliphatic rings. The molecule has 1 fully saturated rings. The number of hydrogen-bond acceptors (Lipinski definition) is 3. The van der Waals surface area contributed by atoms with Gasteiger partial charge in [-0.2, -0.15) is 0 Å². The van der Waals surface area contributed by atoms with Crippen molar-refractivity contribution < 1.29 is 9.53 Å². The highest BCUT2D eigenvalue weighted by Crippen LogP contribution is 2.24. The van der Waals surface area contributed by atoms with Gasteiger partial charge in [0, 0.05) is 12.6 Å². The summed E-state index contributed by atoms with van der Waals surface area (Å²) in [4.78, 5) is 11.7. The van der Waals surface area contributed by atoms with E-state index in [-0.39, 0.29) is 12.1 Å². The van der Waals surface area contributed by atoms with Gasteiger partial charge in [0.05, 0.1) is 6.04 Å². The predicted octanol–water partition coefficient (Wildman–Crippen LogP) is 2.68. The van der Waals surface area contributed by atoms with Crippen LogP contribution in [0, 0.1) is 18.3 Å². The molecule has 20 heavy (non-hydrogen) atoms. The number of carbonyl (C=O) groups excluding carboxylic acids is 1. The van der Waals surface area contributed by atoms with E-state index in [0.717, 1.165) is 12.8 Å². The molecule has 1 amide bonds. The van der Waals surface area contributed by atoms with Gasteiger partial charge in [-0.15, -0.1) is 6.42 Å². The van der Waals surface area contributed by atoms with Crippen molar-refractivity contribution in [3.05, 3.63) is 0 Å². The molecule has 0 aliphatic heterocycles. The Balaban J connectivity index is 2.43. The Bertz CT molecular complexity index is 354. The van der Waals surface area contributed by atoms with Crippen LogP contribution in [0.25, 0.3) is 0 Å². The lowest BCUT2D eigenvalue weighted by atomic mass is 9.84. The van der Waals surface area contributed by atoms with E-state index in [0.29, 0.717) is 18.5 Å². The Hall–Kier alpha value is -1.21. The molecule has 4 heteroatoms. The van der Waals surface area contributed by atoms with Crippen molar-refractivity contribution in [1.29, 1.82) is 0 Å². The second-order valence-corrected chi connectivity index (χ2v) is 6.59. The van der Waals surface area contributed by atoms with E-state index >= 15 is 0 Å². The lowest BCUT2D eigenvalue weighted by Gasteiger charge is -2.33. The van der Waals surface area contributed by atoms with Gasteiger partial charge in [-0.05, 0) is 46.5 Å². The first-order valence-electron chi connectivity index (χ1n) is 7.51. The molecule has 2 N–H and O–H groups in total. The second kappa shape index (κ2) is 7.54. The largest absolute Gasteiger partial charge is 0.444 e. The van der Waals surface area contributed by atoms with Crippen LogP contribution >= 0.6 is 0 Å². The Morgan fingerprint density at radius 2 is 2.05 bits per heavy atom. The molecule has 0 bridgehead atoms. The molecule has 3 unspecified atom stereocenters. The summed E-state index contributed by atoms with van der Waals surface area (Å²) in [5.41, 5.74) is -0.452. The summed E-state index contributed by atoms with van der Waals surface area (Å²) < 4.78 is 5.26. The highest BCUT2D eigenvalue weighted by Gasteiger charge is 2.26. The van der Waals surface area contributed by atoms with Crippen molar-refractivity contribution in [2.75, 3.05) is 6.54 Å². The normalized spacial score (nSPS) is 24.6. The molecule has 4 nitrogen and oxygen atoms in total. The first-order valence-corrected chi connectivity index (χ1v) is 7.51. The molecule has 1 rings (SSSR count). The van der Waals surface area contributed by atoms with Gasteiger partial charge in [-0.25, -0.2) is 4.79 Å². The molecular weight excluding hydrogens is 252 g/mol. The van der Waals surface area contributed by atoms with Crippen LogP contribution in [0.5, 0.6) is 0 Å². The quantitative estimate of drug-likeness (QED) is 0.778. The van der Waals surface area contributed by atoms with Crippen LogP contribution < -0.4 is 10.6 Å². The lowest BCUT2D eigenvalue weighted by molar-refractivity contribution is 0.0510. The van der Waals surface area contributed by atoms with Gasteiger partial charge >= 0.3 is 6.09 Å². The Morgan fingerprint density at radius 3 is 2.65 bits per heavy atom. The van der Waals surface area contributed by atoms with Crippen molar-refractivity contribution in [2.24, 2.45) is 5.92 Å². The molecule has 0 saturated heterocycles. The van der Waals surface area contributed by atoms with Gasteiger partial charge in [0.25, 0.3) is 0 Å². The molecule has 0 aromatic carbocycles. The molecule has 1 saturated carbocycles. The summed E-state index contributed by atoms with van der Waals surface area (Å²) in [6.45, 7) is 8.24. The molecular formula is C16H28N2O2. The van der Waals surface area contributed by atoms with Crippen molar-refractivity contribution in [3.63, 3.8) is 0 Å². The van der Waals surface area contributed by atoms with E-state index in [1.165, 1.54) is 12.8 Å². The summed E-state index contributed by atoms with van der Waals surface area (Å²) in [6.07, 6.45) is 9.75. The van der Waals surface area contributed by atoms with Crippen molar-refractivity contribution >= 4 is 6.09 Å².